The number of hydrogen-bond acceptors (Lipinski definition) is 5. The van der Waals surface area contributed by atoms with Gasteiger partial charge in [-0.3, -0.25) is 9.59 Å². The van der Waals surface area contributed by atoms with Crippen LogP contribution in [0.15, 0.2) is 35.7 Å². The van der Waals surface area contributed by atoms with Crippen LogP contribution in [0.3, 0.4) is 0 Å². The minimum atomic E-state index is -1.09. The molecule has 136 valence electrons. The molecular formula is C18H19N3O4S. The Morgan fingerprint density at radius 1 is 1.31 bits per heavy atom. The minimum absolute atomic E-state index is 0.0107. The molecule has 1 atom stereocenters. The Morgan fingerprint density at radius 3 is 2.77 bits per heavy atom. The Hall–Kier alpha value is -2.74. The summed E-state index contributed by atoms with van der Waals surface area (Å²) in [7, 11) is 0. The van der Waals surface area contributed by atoms with Gasteiger partial charge in [-0.15, -0.1) is 11.3 Å². The molecule has 26 heavy (non-hydrogen) atoms. The van der Waals surface area contributed by atoms with Gasteiger partial charge >= 0.3 is 5.97 Å². The first-order valence-corrected chi connectivity index (χ1v) is 9.18. The van der Waals surface area contributed by atoms with Crippen LogP contribution in [0.5, 0.6) is 0 Å². The van der Waals surface area contributed by atoms with Gasteiger partial charge in [0.05, 0.1) is 12.5 Å². The van der Waals surface area contributed by atoms with Crippen LogP contribution in [0.4, 0.5) is 0 Å². The van der Waals surface area contributed by atoms with Crippen molar-refractivity contribution in [1.29, 1.82) is 0 Å². The van der Waals surface area contributed by atoms with Gasteiger partial charge in [0.15, 0.2) is 5.69 Å². The van der Waals surface area contributed by atoms with Crippen molar-refractivity contribution in [3.63, 3.8) is 0 Å². The van der Waals surface area contributed by atoms with Gasteiger partial charge in [-0.2, -0.15) is 0 Å². The zero-order chi connectivity index (χ0) is 18.5. The van der Waals surface area contributed by atoms with Gasteiger partial charge in [0.2, 0.25) is 11.8 Å². The normalized spacial score (nSPS) is 16.7. The van der Waals surface area contributed by atoms with Crippen LogP contribution >= 0.6 is 11.3 Å². The zero-order valence-electron chi connectivity index (χ0n) is 14.1. The third-order valence-electron chi connectivity index (χ3n) is 4.28. The average Bonchev–Trinajstić information content (AvgIpc) is 3.26. The predicted molar refractivity (Wildman–Crippen MR) is 95.8 cm³/mol. The first kappa shape index (κ1) is 18.1. The van der Waals surface area contributed by atoms with Crippen LogP contribution in [0.25, 0.3) is 0 Å². The molecule has 2 amide bonds. The van der Waals surface area contributed by atoms with Crippen molar-refractivity contribution < 1.29 is 19.5 Å². The van der Waals surface area contributed by atoms with Crippen LogP contribution in [0, 0.1) is 5.92 Å². The van der Waals surface area contributed by atoms with E-state index < -0.39 is 5.97 Å². The van der Waals surface area contributed by atoms with E-state index in [9.17, 15) is 14.4 Å². The number of benzene rings is 1. The monoisotopic (exact) mass is 373 g/mol. The highest BCUT2D eigenvalue weighted by atomic mass is 32.1. The zero-order valence-corrected chi connectivity index (χ0v) is 14.9. The molecule has 7 nitrogen and oxygen atoms in total. The molecule has 0 bridgehead atoms. The van der Waals surface area contributed by atoms with E-state index in [4.69, 9.17) is 5.11 Å². The molecule has 2 N–H and O–H groups in total. The van der Waals surface area contributed by atoms with E-state index >= 15 is 0 Å². The van der Waals surface area contributed by atoms with E-state index in [0.29, 0.717) is 18.1 Å². The van der Waals surface area contributed by atoms with Crippen molar-refractivity contribution in [2.75, 3.05) is 13.1 Å². The Kier molecular flexibility index (Phi) is 5.62. The maximum Gasteiger partial charge on any atom is 0.355 e. The van der Waals surface area contributed by atoms with Gasteiger partial charge in [0.1, 0.15) is 5.01 Å². The number of nitrogens with one attached hydrogen (secondary N) is 1. The second kappa shape index (κ2) is 8.09. The predicted octanol–water partition coefficient (Wildman–Crippen LogP) is 1.55. The molecule has 1 aromatic heterocycles. The van der Waals surface area contributed by atoms with E-state index in [1.807, 2.05) is 30.3 Å². The summed E-state index contributed by atoms with van der Waals surface area (Å²) in [6, 6.07) is 9.92. The van der Waals surface area contributed by atoms with Gasteiger partial charge in [-0.1, -0.05) is 30.3 Å². The topological polar surface area (TPSA) is 99.6 Å². The van der Waals surface area contributed by atoms with Crippen LogP contribution in [0.1, 0.15) is 27.5 Å². The Bertz CT molecular complexity index is 806. The highest BCUT2D eigenvalue weighted by Gasteiger charge is 2.33. The van der Waals surface area contributed by atoms with Crippen LogP contribution < -0.4 is 5.32 Å². The van der Waals surface area contributed by atoms with E-state index in [0.717, 1.165) is 12.0 Å². The Balaban J connectivity index is 1.47. The molecule has 0 aliphatic carbocycles. The number of hydrogen-bond donors (Lipinski definition) is 2. The van der Waals surface area contributed by atoms with E-state index in [2.05, 4.69) is 10.3 Å². The maximum absolute atomic E-state index is 12.3. The molecular weight excluding hydrogens is 354 g/mol. The van der Waals surface area contributed by atoms with Crippen molar-refractivity contribution in [1.82, 2.24) is 15.2 Å². The molecule has 1 aromatic carbocycles. The lowest BCUT2D eigenvalue weighted by Crippen LogP contribution is -2.33. The SMILES string of the molecule is O=C(O)c1csc(CNC(=O)[C@@H]2CC(=O)N(CCc3ccccc3)C2)n1. The van der Waals surface area contributed by atoms with Crippen LogP contribution in [0.2, 0.25) is 0 Å². The van der Waals surface area contributed by atoms with E-state index in [1.54, 1.807) is 4.90 Å². The summed E-state index contributed by atoms with van der Waals surface area (Å²) in [5, 5.41) is 13.6. The van der Waals surface area contributed by atoms with Gasteiger partial charge < -0.3 is 15.3 Å². The number of nitrogens with zero attached hydrogens (tertiary/aromatic N) is 2. The summed E-state index contributed by atoms with van der Waals surface area (Å²) in [5.41, 5.74) is 1.13. The van der Waals surface area contributed by atoms with Crippen LogP contribution in [-0.2, 0) is 22.6 Å². The summed E-state index contributed by atoms with van der Waals surface area (Å²) in [4.78, 5) is 40.9. The molecule has 1 saturated heterocycles. The van der Waals surface area contributed by atoms with Gasteiger partial charge in [-0.25, -0.2) is 9.78 Å². The number of carboxylic acid groups (broad SMARTS) is 1. The molecule has 0 spiro atoms. The second-order valence-electron chi connectivity index (χ2n) is 6.13. The van der Waals surface area contributed by atoms with Crippen LogP contribution in [-0.4, -0.2) is 45.9 Å². The number of thiazole rings is 1. The molecule has 8 heteroatoms. The van der Waals surface area contributed by atoms with Crippen molar-refractivity contribution in [3.05, 3.63) is 52.0 Å². The molecule has 0 radical (unpaired) electrons. The summed E-state index contributed by atoms with van der Waals surface area (Å²) < 4.78 is 0. The fraction of sp³-hybridized carbons (Fsp3) is 0.333. The average molecular weight is 373 g/mol. The van der Waals surface area contributed by atoms with Gasteiger partial charge in [0, 0.05) is 24.9 Å². The summed E-state index contributed by atoms with van der Waals surface area (Å²) >= 11 is 1.19. The van der Waals surface area contributed by atoms with E-state index in [-0.39, 0.29) is 36.4 Å². The number of carbonyl (C=O) groups excluding carboxylic acids is 2. The fourth-order valence-electron chi connectivity index (χ4n) is 2.87. The first-order valence-electron chi connectivity index (χ1n) is 8.30. The van der Waals surface area contributed by atoms with Gasteiger partial charge in [-0.05, 0) is 12.0 Å². The minimum Gasteiger partial charge on any atom is -0.476 e. The molecule has 3 rings (SSSR count). The number of aromatic nitrogens is 1. The third kappa shape index (κ3) is 4.45. The van der Waals surface area contributed by atoms with E-state index in [1.165, 1.54) is 16.7 Å². The highest BCUT2D eigenvalue weighted by molar-refractivity contribution is 7.09. The number of carboxylic acids is 1. The largest absolute Gasteiger partial charge is 0.476 e. The smallest absolute Gasteiger partial charge is 0.355 e. The summed E-state index contributed by atoms with van der Waals surface area (Å²) in [5.74, 6) is -1.68. The Labute approximate surface area is 154 Å². The lowest BCUT2D eigenvalue weighted by Gasteiger charge is -2.16. The standard InChI is InChI=1S/C18H19N3O4S/c22-16-8-13(10-21(16)7-6-12-4-2-1-3-5-12)17(23)19-9-15-20-14(11-26-15)18(24)25/h1-5,11,13H,6-10H2,(H,19,23)(H,24,25)/t13-/m1/s1. The molecule has 1 fully saturated rings. The van der Waals surface area contributed by atoms with Crippen molar-refractivity contribution in [2.45, 2.75) is 19.4 Å². The fourth-order valence-corrected chi connectivity index (χ4v) is 3.58. The molecule has 0 saturated carbocycles. The number of amides is 2. The van der Waals surface area contributed by atoms with Crippen molar-refractivity contribution in [3.8, 4) is 0 Å². The number of carbonyl (C=O) groups is 3. The number of aromatic carboxylic acids is 1. The second-order valence-corrected chi connectivity index (χ2v) is 7.07. The molecule has 0 unspecified atom stereocenters. The quantitative estimate of drug-likeness (QED) is 0.767. The maximum atomic E-state index is 12.3. The van der Waals surface area contributed by atoms with Crippen molar-refractivity contribution >= 4 is 29.1 Å². The summed E-state index contributed by atoms with van der Waals surface area (Å²) in [6.07, 6.45) is 0.969. The molecule has 1 aliphatic heterocycles. The van der Waals surface area contributed by atoms with Gasteiger partial charge in [0.25, 0.3) is 0 Å². The lowest BCUT2D eigenvalue weighted by molar-refractivity contribution is -0.129. The highest BCUT2D eigenvalue weighted by Crippen LogP contribution is 2.19. The summed E-state index contributed by atoms with van der Waals surface area (Å²) in [6.45, 7) is 1.18. The third-order valence-corrected chi connectivity index (χ3v) is 5.13. The first-order chi connectivity index (χ1) is 12.5. The molecule has 1 aliphatic rings. The van der Waals surface area contributed by atoms with Crippen molar-refractivity contribution in [2.24, 2.45) is 5.92 Å². The number of rotatable bonds is 7. The Morgan fingerprint density at radius 2 is 2.08 bits per heavy atom. The molecule has 2 aromatic rings. The lowest BCUT2D eigenvalue weighted by atomic mass is 10.1. The number of likely N-dealkylation sites (tertiary alicyclic amines) is 1. The molecule has 2 heterocycles.